The number of alkyl halides is 2. The van der Waals surface area contributed by atoms with Crippen LogP contribution in [0.4, 0.5) is 14.6 Å². The van der Waals surface area contributed by atoms with Crippen molar-refractivity contribution >= 4 is 17.4 Å². The van der Waals surface area contributed by atoms with Gasteiger partial charge in [0.25, 0.3) is 0 Å². The summed E-state index contributed by atoms with van der Waals surface area (Å²) >= 11 is 5.33. The summed E-state index contributed by atoms with van der Waals surface area (Å²) in [5.74, 6) is -0.211. The van der Waals surface area contributed by atoms with Gasteiger partial charge in [0.05, 0.1) is 6.20 Å². The van der Waals surface area contributed by atoms with Crippen molar-refractivity contribution < 1.29 is 8.78 Å². The SMILES string of the molecule is Nc1c(Cl)cnn1C(F)F. The molecule has 0 atom stereocenters. The summed E-state index contributed by atoms with van der Waals surface area (Å²) in [6.45, 7) is -2.73. The minimum absolute atomic E-state index is 0.0419. The minimum atomic E-state index is -2.73. The van der Waals surface area contributed by atoms with E-state index in [-0.39, 0.29) is 10.8 Å². The van der Waals surface area contributed by atoms with Crippen molar-refractivity contribution in [1.82, 2.24) is 9.78 Å². The summed E-state index contributed by atoms with van der Waals surface area (Å²) < 4.78 is 24.0. The third-order valence-corrected chi connectivity index (χ3v) is 1.26. The molecular formula is C4H4ClF2N3. The Morgan fingerprint density at radius 2 is 2.30 bits per heavy atom. The number of aromatic nitrogens is 2. The van der Waals surface area contributed by atoms with E-state index in [4.69, 9.17) is 17.3 Å². The van der Waals surface area contributed by atoms with Gasteiger partial charge in [0, 0.05) is 0 Å². The minimum Gasteiger partial charge on any atom is -0.382 e. The molecule has 0 radical (unpaired) electrons. The molecule has 0 spiro atoms. The Morgan fingerprint density at radius 1 is 1.70 bits per heavy atom. The van der Waals surface area contributed by atoms with E-state index in [1.807, 2.05) is 0 Å². The normalized spacial score (nSPS) is 10.8. The van der Waals surface area contributed by atoms with Crippen LogP contribution < -0.4 is 5.73 Å². The maximum Gasteiger partial charge on any atom is 0.335 e. The molecule has 1 rings (SSSR count). The van der Waals surface area contributed by atoms with Gasteiger partial charge in [-0.3, -0.25) is 0 Å². The fourth-order valence-corrected chi connectivity index (χ4v) is 0.636. The first-order valence-electron chi connectivity index (χ1n) is 2.39. The highest BCUT2D eigenvalue weighted by molar-refractivity contribution is 6.32. The molecule has 0 aliphatic rings. The quantitative estimate of drug-likeness (QED) is 0.689. The van der Waals surface area contributed by atoms with Gasteiger partial charge in [-0.1, -0.05) is 11.6 Å². The number of hydrogen-bond donors (Lipinski definition) is 1. The van der Waals surface area contributed by atoms with E-state index in [0.29, 0.717) is 4.68 Å². The Bertz CT molecular complexity index is 234. The first-order chi connectivity index (χ1) is 4.63. The van der Waals surface area contributed by atoms with Gasteiger partial charge in [0.1, 0.15) is 10.8 Å². The summed E-state index contributed by atoms with van der Waals surface area (Å²) in [5.41, 5.74) is 5.09. The monoisotopic (exact) mass is 167 g/mol. The Morgan fingerprint density at radius 3 is 2.50 bits per heavy atom. The zero-order chi connectivity index (χ0) is 7.72. The smallest absolute Gasteiger partial charge is 0.335 e. The highest BCUT2D eigenvalue weighted by Crippen LogP contribution is 2.21. The number of anilines is 1. The maximum atomic E-state index is 11.8. The van der Waals surface area contributed by atoms with Crippen LogP contribution in [0.5, 0.6) is 0 Å². The van der Waals surface area contributed by atoms with Crippen LogP contribution in [-0.2, 0) is 0 Å². The molecule has 0 aliphatic heterocycles. The lowest BCUT2D eigenvalue weighted by Crippen LogP contribution is -2.04. The topological polar surface area (TPSA) is 43.8 Å². The first kappa shape index (κ1) is 7.27. The number of rotatable bonds is 1. The van der Waals surface area contributed by atoms with Crippen molar-refractivity contribution in [3.05, 3.63) is 11.2 Å². The number of nitrogen functional groups attached to an aromatic ring is 1. The number of hydrogen-bond acceptors (Lipinski definition) is 2. The van der Waals surface area contributed by atoms with Gasteiger partial charge in [-0.25, -0.2) is 0 Å². The summed E-state index contributed by atoms with van der Waals surface area (Å²) in [4.78, 5) is 0. The highest BCUT2D eigenvalue weighted by Gasteiger charge is 2.12. The average molecular weight is 168 g/mol. The van der Waals surface area contributed by atoms with E-state index in [2.05, 4.69) is 5.10 Å². The molecule has 1 aromatic rings. The molecule has 56 valence electrons. The third kappa shape index (κ3) is 1.04. The van der Waals surface area contributed by atoms with Crippen LogP contribution >= 0.6 is 11.6 Å². The lowest BCUT2D eigenvalue weighted by atomic mass is 10.6. The summed E-state index contributed by atoms with van der Waals surface area (Å²) in [5, 5.41) is 3.27. The van der Waals surface area contributed by atoms with Crippen LogP contribution in [0.1, 0.15) is 6.55 Å². The molecule has 0 amide bonds. The zero-order valence-corrected chi connectivity index (χ0v) is 5.52. The van der Waals surface area contributed by atoms with E-state index in [1.54, 1.807) is 0 Å². The Hall–Kier alpha value is -0.840. The summed E-state index contributed by atoms with van der Waals surface area (Å²) in [6, 6.07) is 0. The van der Waals surface area contributed by atoms with Crippen LogP contribution in [0.3, 0.4) is 0 Å². The van der Waals surface area contributed by atoms with Crippen molar-refractivity contribution in [2.75, 3.05) is 5.73 Å². The van der Waals surface area contributed by atoms with Gasteiger partial charge in [0.2, 0.25) is 0 Å². The second-order valence-corrected chi connectivity index (χ2v) is 2.01. The van der Waals surface area contributed by atoms with Gasteiger partial charge in [-0.2, -0.15) is 18.6 Å². The molecule has 10 heavy (non-hydrogen) atoms. The second kappa shape index (κ2) is 2.42. The zero-order valence-electron chi connectivity index (χ0n) is 4.76. The van der Waals surface area contributed by atoms with E-state index in [9.17, 15) is 8.78 Å². The number of nitrogens with zero attached hydrogens (tertiary/aromatic N) is 2. The molecule has 6 heteroatoms. The fraction of sp³-hybridized carbons (Fsp3) is 0.250. The lowest BCUT2D eigenvalue weighted by molar-refractivity contribution is 0.0591. The Balaban J connectivity index is 3.05. The molecule has 1 heterocycles. The van der Waals surface area contributed by atoms with E-state index < -0.39 is 6.55 Å². The third-order valence-electron chi connectivity index (χ3n) is 0.972. The van der Waals surface area contributed by atoms with Crippen LogP contribution in [0.25, 0.3) is 0 Å². The fourth-order valence-electron chi connectivity index (χ4n) is 0.506. The summed E-state index contributed by atoms with van der Waals surface area (Å²) in [6.07, 6.45) is 1.07. The average Bonchev–Trinajstić information content (AvgIpc) is 2.14. The van der Waals surface area contributed by atoms with Crippen LogP contribution in [-0.4, -0.2) is 9.78 Å². The maximum absolute atomic E-state index is 11.8. The van der Waals surface area contributed by atoms with Gasteiger partial charge in [0.15, 0.2) is 0 Å². The highest BCUT2D eigenvalue weighted by atomic mass is 35.5. The van der Waals surface area contributed by atoms with Gasteiger partial charge in [-0.15, -0.1) is 0 Å². The van der Waals surface area contributed by atoms with Gasteiger partial charge < -0.3 is 5.73 Å². The Labute approximate surface area is 60.4 Å². The van der Waals surface area contributed by atoms with Crippen LogP contribution in [0, 0.1) is 0 Å². The molecule has 0 aliphatic carbocycles. The lowest BCUT2D eigenvalue weighted by Gasteiger charge is -1.99. The van der Waals surface area contributed by atoms with Crippen molar-refractivity contribution in [2.45, 2.75) is 6.55 Å². The largest absolute Gasteiger partial charge is 0.382 e. The first-order valence-corrected chi connectivity index (χ1v) is 2.77. The molecule has 0 fully saturated rings. The van der Waals surface area contributed by atoms with Gasteiger partial charge >= 0.3 is 6.55 Å². The molecule has 0 saturated carbocycles. The molecule has 0 aromatic carbocycles. The van der Waals surface area contributed by atoms with Crippen molar-refractivity contribution in [2.24, 2.45) is 0 Å². The van der Waals surface area contributed by atoms with E-state index in [0.717, 1.165) is 6.20 Å². The predicted molar refractivity (Wildman–Crippen MR) is 32.9 cm³/mol. The van der Waals surface area contributed by atoms with E-state index >= 15 is 0 Å². The second-order valence-electron chi connectivity index (χ2n) is 1.60. The van der Waals surface area contributed by atoms with Crippen LogP contribution in [0.15, 0.2) is 6.20 Å². The van der Waals surface area contributed by atoms with Crippen molar-refractivity contribution in [3.8, 4) is 0 Å². The Kier molecular flexibility index (Phi) is 1.76. The summed E-state index contributed by atoms with van der Waals surface area (Å²) in [7, 11) is 0. The molecule has 2 N–H and O–H groups in total. The molecule has 0 unspecified atom stereocenters. The number of halogens is 3. The van der Waals surface area contributed by atoms with Gasteiger partial charge in [-0.05, 0) is 0 Å². The van der Waals surface area contributed by atoms with Crippen molar-refractivity contribution in [1.29, 1.82) is 0 Å². The standard InChI is InChI=1S/C4H4ClF2N3/c5-2-1-9-10(3(2)8)4(6)7/h1,4H,8H2. The molecule has 1 aromatic heterocycles. The van der Waals surface area contributed by atoms with Crippen LogP contribution in [0.2, 0.25) is 5.02 Å². The predicted octanol–water partition coefficient (Wildman–Crippen LogP) is 1.51. The molecule has 0 bridgehead atoms. The van der Waals surface area contributed by atoms with E-state index in [1.165, 1.54) is 0 Å². The molecular weight excluding hydrogens is 164 g/mol. The molecule has 3 nitrogen and oxygen atoms in total. The molecule has 0 saturated heterocycles. The number of nitrogens with two attached hydrogens (primary N) is 1. The van der Waals surface area contributed by atoms with Crippen molar-refractivity contribution in [3.63, 3.8) is 0 Å².